The van der Waals surface area contributed by atoms with Gasteiger partial charge in [0.15, 0.2) is 11.5 Å². The number of hydrogen-bond donors (Lipinski definition) is 0. The van der Waals surface area contributed by atoms with Gasteiger partial charge in [-0.25, -0.2) is 8.78 Å². The van der Waals surface area contributed by atoms with Crippen molar-refractivity contribution >= 4 is 5.91 Å². The Hall–Kier alpha value is -3.49. The Bertz CT molecular complexity index is 1090. The molecular formula is C21H19F2N3O4. The first-order valence-electron chi connectivity index (χ1n) is 9.26. The molecule has 0 N–H and O–H groups in total. The van der Waals surface area contributed by atoms with Crippen molar-refractivity contribution < 1.29 is 27.6 Å². The van der Waals surface area contributed by atoms with Crippen LogP contribution in [0.15, 0.2) is 40.9 Å². The number of aromatic nitrogens is 2. The molecule has 1 aromatic heterocycles. The van der Waals surface area contributed by atoms with E-state index in [9.17, 15) is 13.6 Å². The number of carbonyl (C=O) groups excluding carboxylic acids is 1. The second kappa shape index (κ2) is 8.10. The molecule has 2 heterocycles. The molecule has 1 saturated heterocycles. The molecule has 2 aromatic carbocycles. The molecule has 0 radical (unpaired) electrons. The Kier molecular flexibility index (Phi) is 5.35. The number of benzene rings is 2. The minimum atomic E-state index is -0.681. The highest BCUT2D eigenvalue weighted by molar-refractivity contribution is 5.79. The second-order valence-electron chi connectivity index (χ2n) is 6.94. The molecular weight excluding hydrogens is 396 g/mol. The Morgan fingerprint density at radius 3 is 2.67 bits per heavy atom. The maximum atomic E-state index is 13.9. The van der Waals surface area contributed by atoms with Crippen LogP contribution in [0.4, 0.5) is 8.78 Å². The van der Waals surface area contributed by atoms with Gasteiger partial charge in [-0.15, -0.1) is 0 Å². The van der Waals surface area contributed by atoms with Crippen LogP contribution in [0.1, 0.15) is 23.8 Å². The van der Waals surface area contributed by atoms with Crippen LogP contribution in [0.5, 0.6) is 11.5 Å². The van der Waals surface area contributed by atoms with Gasteiger partial charge in [0.05, 0.1) is 20.1 Å². The minimum absolute atomic E-state index is 0.0537. The number of carbonyl (C=O) groups is 1. The summed E-state index contributed by atoms with van der Waals surface area (Å²) in [4.78, 5) is 18.3. The summed E-state index contributed by atoms with van der Waals surface area (Å²) in [7, 11) is 3.08. The van der Waals surface area contributed by atoms with Crippen LogP contribution in [0, 0.1) is 11.6 Å². The Labute approximate surface area is 171 Å². The fourth-order valence-electron chi connectivity index (χ4n) is 3.44. The van der Waals surface area contributed by atoms with Crippen molar-refractivity contribution in [2.75, 3.05) is 20.8 Å². The molecule has 30 heavy (non-hydrogen) atoms. The van der Waals surface area contributed by atoms with Gasteiger partial charge in [-0.1, -0.05) is 11.2 Å². The lowest BCUT2D eigenvalue weighted by atomic mass is 10.1. The van der Waals surface area contributed by atoms with Crippen molar-refractivity contribution in [3.05, 3.63) is 59.5 Å². The Morgan fingerprint density at radius 1 is 1.13 bits per heavy atom. The van der Waals surface area contributed by atoms with Crippen LogP contribution in [0.25, 0.3) is 11.4 Å². The van der Waals surface area contributed by atoms with E-state index in [0.717, 1.165) is 6.07 Å². The Morgan fingerprint density at radius 2 is 1.93 bits per heavy atom. The van der Waals surface area contributed by atoms with Gasteiger partial charge in [0.2, 0.25) is 17.6 Å². The van der Waals surface area contributed by atoms with Gasteiger partial charge in [-0.05, 0) is 24.3 Å². The van der Waals surface area contributed by atoms with E-state index in [-0.39, 0.29) is 30.4 Å². The normalized spacial score (nSPS) is 16.2. The zero-order valence-electron chi connectivity index (χ0n) is 16.4. The van der Waals surface area contributed by atoms with E-state index in [2.05, 4.69) is 10.1 Å². The topological polar surface area (TPSA) is 77.7 Å². The average molecular weight is 415 g/mol. The lowest BCUT2D eigenvalue weighted by molar-refractivity contribution is -0.128. The molecule has 0 saturated carbocycles. The van der Waals surface area contributed by atoms with Gasteiger partial charge in [0.1, 0.15) is 11.6 Å². The first kappa shape index (κ1) is 19.8. The largest absolute Gasteiger partial charge is 0.493 e. The lowest BCUT2D eigenvalue weighted by Gasteiger charge is -2.16. The zero-order chi connectivity index (χ0) is 21.3. The third-order valence-corrected chi connectivity index (χ3v) is 5.02. The average Bonchev–Trinajstić information content (AvgIpc) is 3.37. The highest BCUT2D eigenvalue weighted by Crippen LogP contribution is 2.33. The quantitative estimate of drug-likeness (QED) is 0.613. The predicted octanol–water partition coefficient (Wildman–Crippen LogP) is 3.55. The summed E-state index contributed by atoms with van der Waals surface area (Å²) in [6.45, 7) is 0.362. The fraction of sp³-hybridized carbons (Fsp3) is 0.286. The van der Waals surface area contributed by atoms with E-state index in [1.165, 1.54) is 24.1 Å². The number of methoxy groups -OCH3 is 2. The first-order chi connectivity index (χ1) is 14.5. The molecule has 1 atom stereocenters. The van der Waals surface area contributed by atoms with Crippen molar-refractivity contribution in [1.82, 2.24) is 15.0 Å². The smallest absolute Gasteiger partial charge is 0.232 e. The summed E-state index contributed by atoms with van der Waals surface area (Å²) in [5.41, 5.74) is 0.930. The monoisotopic (exact) mass is 415 g/mol. The molecule has 1 aliphatic rings. The molecule has 1 aliphatic heterocycles. The number of rotatable bonds is 6. The van der Waals surface area contributed by atoms with Crippen LogP contribution in [0.2, 0.25) is 0 Å². The highest BCUT2D eigenvalue weighted by Gasteiger charge is 2.34. The van der Waals surface area contributed by atoms with Gasteiger partial charge in [0.25, 0.3) is 0 Å². The maximum Gasteiger partial charge on any atom is 0.232 e. The SMILES string of the molecule is COc1ccc(-c2noc(C3CC(=O)N(Cc4ccc(F)cc4F)C3)n2)cc1OC. The predicted molar refractivity (Wildman–Crippen MR) is 102 cm³/mol. The van der Waals surface area contributed by atoms with E-state index < -0.39 is 11.6 Å². The summed E-state index contributed by atoms with van der Waals surface area (Å²) in [5, 5.41) is 4.01. The van der Waals surface area contributed by atoms with Gasteiger partial charge in [-0.3, -0.25) is 4.79 Å². The van der Waals surface area contributed by atoms with Gasteiger partial charge < -0.3 is 18.9 Å². The number of amides is 1. The van der Waals surface area contributed by atoms with Crippen LogP contribution in [0.3, 0.4) is 0 Å². The summed E-state index contributed by atoms with van der Waals surface area (Å²) >= 11 is 0. The van der Waals surface area contributed by atoms with Crippen molar-refractivity contribution in [1.29, 1.82) is 0 Å². The molecule has 4 rings (SSSR count). The molecule has 7 nitrogen and oxygen atoms in total. The molecule has 1 unspecified atom stereocenters. The van der Waals surface area contributed by atoms with E-state index >= 15 is 0 Å². The first-order valence-corrected chi connectivity index (χ1v) is 9.26. The van der Waals surface area contributed by atoms with Crippen LogP contribution in [-0.2, 0) is 11.3 Å². The van der Waals surface area contributed by atoms with Gasteiger partial charge >= 0.3 is 0 Å². The zero-order valence-corrected chi connectivity index (χ0v) is 16.4. The van der Waals surface area contributed by atoms with Crippen LogP contribution < -0.4 is 9.47 Å². The summed E-state index contributed by atoms with van der Waals surface area (Å²) in [5.74, 6) is 0.00349. The Balaban J connectivity index is 1.49. The van der Waals surface area contributed by atoms with Crippen molar-refractivity contribution in [3.8, 4) is 22.9 Å². The molecule has 0 aliphatic carbocycles. The maximum absolute atomic E-state index is 13.9. The molecule has 9 heteroatoms. The molecule has 0 bridgehead atoms. The van der Waals surface area contributed by atoms with Gasteiger partial charge in [-0.2, -0.15) is 4.98 Å². The molecule has 1 amide bonds. The molecule has 3 aromatic rings. The number of ether oxygens (including phenoxy) is 2. The summed E-state index contributed by atoms with van der Waals surface area (Å²) in [6, 6.07) is 8.57. The number of hydrogen-bond acceptors (Lipinski definition) is 6. The van der Waals surface area contributed by atoms with Crippen LogP contribution in [-0.4, -0.2) is 41.7 Å². The third-order valence-electron chi connectivity index (χ3n) is 5.02. The van der Waals surface area contributed by atoms with E-state index in [0.29, 0.717) is 35.3 Å². The van der Waals surface area contributed by atoms with E-state index in [1.807, 2.05) is 0 Å². The van der Waals surface area contributed by atoms with E-state index in [1.54, 1.807) is 25.3 Å². The standard InChI is InChI=1S/C21H19F2N3O4/c1-28-17-6-4-12(7-18(17)29-2)20-24-21(30-25-20)14-8-19(27)26(11-14)10-13-3-5-15(22)9-16(13)23/h3-7,9,14H,8,10-11H2,1-2H3. The summed E-state index contributed by atoms with van der Waals surface area (Å²) in [6.07, 6.45) is 0.177. The van der Waals surface area contributed by atoms with Crippen LogP contribution >= 0.6 is 0 Å². The lowest BCUT2D eigenvalue weighted by Crippen LogP contribution is -2.25. The van der Waals surface area contributed by atoms with Gasteiger partial charge in [0, 0.05) is 36.7 Å². The third kappa shape index (κ3) is 3.83. The second-order valence-corrected chi connectivity index (χ2v) is 6.94. The minimum Gasteiger partial charge on any atom is -0.493 e. The molecule has 156 valence electrons. The summed E-state index contributed by atoms with van der Waals surface area (Å²) < 4.78 is 42.9. The number of halogens is 2. The fourth-order valence-corrected chi connectivity index (χ4v) is 3.44. The van der Waals surface area contributed by atoms with Crippen molar-refractivity contribution in [3.63, 3.8) is 0 Å². The highest BCUT2D eigenvalue weighted by atomic mass is 19.1. The molecule has 0 spiro atoms. The molecule has 1 fully saturated rings. The van der Waals surface area contributed by atoms with Crippen molar-refractivity contribution in [2.24, 2.45) is 0 Å². The van der Waals surface area contributed by atoms with Crippen molar-refractivity contribution in [2.45, 2.75) is 18.9 Å². The number of nitrogens with zero attached hydrogens (tertiary/aromatic N) is 3. The number of likely N-dealkylation sites (tertiary alicyclic amines) is 1. The van der Waals surface area contributed by atoms with E-state index in [4.69, 9.17) is 14.0 Å².